The predicted molar refractivity (Wildman–Crippen MR) is 54.1 cm³/mol. The molecule has 1 aromatic rings. The van der Waals surface area contributed by atoms with E-state index in [4.69, 9.17) is 5.11 Å². The van der Waals surface area contributed by atoms with Crippen molar-refractivity contribution in [2.45, 2.75) is 19.5 Å². The van der Waals surface area contributed by atoms with Crippen molar-refractivity contribution in [1.82, 2.24) is 0 Å². The number of carboxylic acids is 1. The van der Waals surface area contributed by atoms with Crippen molar-refractivity contribution < 1.29 is 32.6 Å². The summed E-state index contributed by atoms with van der Waals surface area (Å²) in [6, 6.07) is 2.33. The van der Waals surface area contributed by atoms with E-state index in [1.54, 1.807) is 0 Å². The Hall–Kier alpha value is -2.05. The molecule has 1 N–H and O–H groups in total. The van der Waals surface area contributed by atoms with Crippen LogP contribution in [0.1, 0.15) is 18.1 Å². The van der Waals surface area contributed by atoms with Gasteiger partial charge < -0.3 is 9.84 Å². The fraction of sp³-hybridized carbons (Fsp3) is 0.273. The number of hydrogen-bond donors (Lipinski definition) is 1. The molecule has 0 unspecified atom stereocenters. The van der Waals surface area contributed by atoms with Gasteiger partial charge in [-0.25, -0.2) is 0 Å². The second-order valence-corrected chi connectivity index (χ2v) is 3.48. The van der Waals surface area contributed by atoms with Crippen molar-refractivity contribution in [3.8, 4) is 5.75 Å². The molecule has 0 aromatic heterocycles. The highest BCUT2D eigenvalue weighted by atomic mass is 19.4. The van der Waals surface area contributed by atoms with E-state index in [1.807, 2.05) is 0 Å². The van der Waals surface area contributed by atoms with Crippen LogP contribution in [-0.4, -0.2) is 17.0 Å². The van der Waals surface area contributed by atoms with Crippen LogP contribution in [0.25, 0.3) is 0 Å². The van der Waals surface area contributed by atoms with E-state index in [9.17, 15) is 22.8 Å². The topological polar surface area (TPSA) is 63.6 Å². The van der Waals surface area contributed by atoms with E-state index in [-0.39, 0.29) is 11.3 Å². The Morgan fingerprint density at radius 2 is 1.94 bits per heavy atom. The Morgan fingerprint density at radius 3 is 2.39 bits per heavy atom. The number of aliphatic carboxylic acids is 1. The smallest absolute Gasteiger partial charge is 0.416 e. The van der Waals surface area contributed by atoms with Gasteiger partial charge in [0.05, 0.1) is 12.0 Å². The van der Waals surface area contributed by atoms with Crippen molar-refractivity contribution in [3.05, 3.63) is 29.3 Å². The number of carbonyl (C=O) groups excluding carboxylic acids is 1. The third-order valence-corrected chi connectivity index (χ3v) is 1.99. The molecule has 0 atom stereocenters. The molecule has 0 saturated heterocycles. The molecule has 0 heterocycles. The van der Waals surface area contributed by atoms with Crippen LogP contribution in [0.4, 0.5) is 13.2 Å². The van der Waals surface area contributed by atoms with E-state index in [0.29, 0.717) is 6.07 Å². The van der Waals surface area contributed by atoms with Crippen molar-refractivity contribution in [2.24, 2.45) is 0 Å². The minimum absolute atomic E-state index is 0.00528. The van der Waals surface area contributed by atoms with Gasteiger partial charge in [-0.1, -0.05) is 6.07 Å². The summed E-state index contributed by atoms with van der Waals surface area (Å²) in [6.07, 6.45) is -5.11. The van der Waals surface area contributed by atoms with Gasteiger partial charge in [0.1, 0.15) is 5.75 Å². The van der Waals surface area contributed by atoms with Gasteiger partial charge in [-0.05, 0) is 12.1 Å². The molecule has 98 valence electrons. The molecule has 0 aliphatic carbocycles. The molecule has 0 bridgehead atoms. The number of alkyl halides is 3. The van der Waals surface area contributed by atoms with E-state index < -0.39 is 30.1 Å². The summed E-state index contributed by atoms with van der Waals surface area (Å²) in [5, 5.41) is 8.59. The highest BCUT2D eigenvalue weighted by Crippen LogP contribution is 2.33. The first-order valence-electron chi connectivity index (χ1n) is 4.80. The third-order valence-electron chi connectivity index (χ3n) is 1.99. The summed E-state index contributed by atoms with van der Waals surface area (Å²) in [7, 11) is 0. The minimum Gasteiger partial charge on any atom is -0.481 e. The van der Waals surface area contributed by atoms with Crippen LogP contribution in [0.5, 0.6) is 5.75 Å². The summed E-state index contributed by atoms with van der Waals surface area (Å²) < 4.78 is 41.9. The van der Waals surface area contributed by atoms with Gasteiger partial charge in [0.15, 0.2) is 0 Å². The lowest BCUT2D eigenvalue weighted by atomic mass is 10.1. The molecule has 0 aliphatic heterocycles. The molecule has 18 heavy (non-hydrogen) atoms. The highest BCUT2D eigenvalue weighted by Gasteiger charge is 2.31. The van der Waals surface area contributed by atoms with E-state index in [1.165, 1.54) is 0 Å². The zero-order valence-corrected chi connectivity index (χ0v) is 9.25. The number of benzene rings is 1. The second-order valence-electron chi connectivity index (χ2n) is 3.48. The molecule has 0 saturated carbocycles. The minimum atomic E-state index is -4.59. The number of rotatable bonds is 3. The largest absolute Gasteiger partial charge is 0.481 e. The Labute approximate surface area is 100.0 Å². The van der Waals surface area contributed by atoms with Crippen LogP contribution >= 0.6 is 0 Å². The van der Waals surface area contributed by atoms with Crippen LogP contribution in [0.3, 0.4) is 0 Å². The Kier molecular flexibility index (Phi) is 3.95. The first-order valence-corrected chi connectivity index (χ1v) is 4.80. The number of hydrogen-bond acceptors (Lipinski definition) is 3. The van der Waals surface area contributed by atoms with Crippen LogP contribution in [0, 0.1) is 0 Å². The van der Waals surface area contributed by atoms with Crippen LogP contribution in [-0.2, 0) is 22.2 Å². The molecule has 0 fully saturated rings. The van der Waals surface area contributed by atoms with Gasteiger partial charge >= 0.3 is 18.1 Å². The number of ether oxygens (including phenoxy) is 1. The standard InChI is InChI=1S/C11H9F3O4/c1-6(15)18-9-5-8(11(12,13)14)3-2-7(9)4-10(16)17/h2-3,5H,4H2,1H3,(H,16,17). The number of carboxylic acid groups (broad SMARTS) is 1. The van der Waals surface area contributed by atoms with Crippen molar-refractivity contribution >= 4 is 11.9 Å². The van der Waals surface area contributed by atoms with E-state index in [2.05, 4.69) is 4.74 Å². The predicted octanol–water partition coefficient (Wildman–Crippen LogP) is 2.26. The quantitative estimate of drug-likeness (QED) is 0.670. The average Bonchev–Trinajstić information content (AvgIpc) is 2.17. The third kappa shape index (κ3) is 3.76. The van der Waals surface area contributed by atoms with Crippen LogP contribution in [0.15, 0.2) is 18.2 Å². The summed E-state index contributed by atoms with van der Waals surface area (Å²) >= 11 is 0. The fourth-order valence-corrected chi connectivity index (χ4v) is 1.29. The van der Waals surface area contributed by atoms with Gasteiger partial charge in [0.2, 0.25) is 0 Å². The van der Waals surface area contributed by atoms with Crippen molar-refractivity contribution in [3.63, 3.8) is 0 Å². The maximum Gasteiger partial charge on any atom is 0.416 e. The summed E-state index contributed by atoms with van der Waals surface area (Å²) in [4.78, 5) is 21.3. The van der Waals surface area contributed by atoms with Gasteiger partial charge in [-0.15, -0.1) is 0 Å². The molecule has 0 radical (unpaired) electrons. The summed E-state index contributed by atoms with van der Waals surface area (Å²) in [5.41, 5.74) is -1.00. The Balaban J connectivity index is 3.20. The molecule has 0 spiro atoms. The number of carbonyl (C=O) groups is 2. The van der Waals surface area contributed by atoms with Crippen molar-refractivity contribution in [2.75, 3.05) is 0 Å². The lowest BCUT2D eigenvalue weighted by molar-refractivity contribution is -0.138. The monoisotopic (exact) mass is 262 g/mol. The van der Waals surface area contributed by atoms with Crippen LogP contribution in [0.2, 0.25) is 0 Å². The zero-order valence-electron chi connectivity index (χ0n) is 9.25. The molecule has 7 heteroatoms. The lowest BCUT2D eigenvalue weighted by Gasteiger charge is -2.11. The maximum atomic E-state index is 12.4. The Morgan fingerprint density at radius 1 is 1.33 bits per heavy atom. The molecule has 1 aromatic carbocycles. The van der Waals surface area contributed by atoms with Crippen LogP contribution < -0.4 is 4.74 Å². The van der Waals surface area contributed by atoms with Crippen molar-refractivity contribution in [1.29, 1.82) is 0 Å². The average molecular weight is 262 g/mol. The fourth-order valence-electron chi connectivity index (χ4n) is 1.29. The Bertz CT molecular complexity index is 480. The summed E-state index contributed by atoms with van der Waals surface area (Å²) in [6.45, 7) is 1.02. The van der Waals surface area contributed by atoms with Gasteiger partial charge in [-0.2, -0.15) is 13.2 Å². The first kappa shape index (κ1) is 14.0. The second kappa shape index (κ2) is 5.07. The molecule has 0 amide bonds. The molecular formula is C11H9F3O4. The molecule has 1 rings (SSSR count). The number of halogens is 3. The van der Waals surface area contributed by atoms with Gasteiger partial charge in [-0.3, -0.25) is 9.59 Å². The normalized spacial score (nSPS) is 11.1. The molecule has 0 aliphatic rings. The molecule has 4 nitrogen and oxygen atoms in total. The lowest BCUT2D eigenvalue weighted by Crippen LogP contribution is -2.10. The highest BCUT2D eigenvalue weighted by molar-refractivity contribution is 5.74. The first-order chi connectivity index (χ1) is 8.20. The molecular weight excluding hydrogens is 253 g/mol. The van der Waals surface area contributed by atoms with E-state index in [0.717, 1.165) is 19.1 Å². The number of esters is 1. The maximum absolute atomic E-state index is 12.4. The van der Waals surface area contributed by atoms with Gasteiger partial charge in [0.25, 0.3) is 0 Å². The van der Waals surface area contributed by atoms with Gasteiger partial charge in [0, 0.05) is 12.5 Å². The summed E-state index contributed by atoms with van der Waals surface area (Å²) in [5.74, 6) is -2.44. The zero-order chi connectivity index (χ0) is 13.9. The van der Waals surface area contributed by atoms with E-state index >= 15 is 0 Å². The SMILES string of the molecule is CC(=O)Oc1cc(C(F)(F)F)ccc1CC(=O)O.